The summed E-state index contributed by atoms with van der Waals surface area (Å²) in [4.78, 5) is 10.5. The molecule has 0 radical (unpaired) electrons. The summed E-state index contributed by atoms with van der Waals surface area (Å²) >= 11 is 0. The first kappa shape index (κ1) is 11.4. The molecule has 0 saturated carbocycles. The number of rotatable bonds is 4. The van der Waals surface area contributed by atoms with Crippen molar-refractivity contribution < 1.29 is 4.79 Å². The molecule has 5 N–H and O–H groups in total. The minimum atomic E-state index is -0.0228. The van der Waals surface area contributed by atoms with Gasteiger partial charge in [0.1, 0.15) is 0 Å². The predicted molar refractivity (Wildman–Crippen MR) is 62.0 cm³/mol. The van der Waals surface area contributed by atoms with Crippen LogP contribution in [0.15, 0.2) is 18.2 Å². The molecule has 0 aliphatic rings. The smallest absolute Gasteiger partial charge is 0.207 e. The SMILES string of the molecule is CC(C)C(NC=O)c1ccc(N)c(N)c1. The second-order valence-corrected chi connectivity index (χ2v) is 3.89. The quantitative estimate of drug-likeness (QED) is 0.514. The number of nitrogens with two attached hydrogens (primary N) is 2. The molecule has 1 rings (SSSR count). The Morgan fingerprint density at radius 1 is 1.27 bits per heavy atom. The molecule has 4 nitrogen and oxygen atoms in total. The van der Waals surface area contributed by atoms with Crippen LogP contribution >= 0.6 is 0 Å². The van der Waals surface area contributed by atoms with Gasteiger partial charge in [-0.15, -0.1) is 0 Å². The summed E-state index contributed by atoms with van der Waals surface area (Å²) < 4.78 is 0. The van der Waals surface area contributed by atoms with E-state index in [2.05, 4.69) is 5.32 Å². The molecular weight excluding hydrogens is 190 g/mol. The van der Waals surface area contributed by atoms with Gasteiger partial charge in [0.2, 0.25) is 6.41 Å². The molecule has 0 aliphatic carbocycles. The molecule has 82 valence electrons. The van der Waals surface area contributed by atoms with E-state index in [4.69, 9.17) is 11.5 Å². The van der Waals surface area contributed by atoms with E-state index in [-0.39, 0.29) is 6.04 Å². The lowest BCUT2D eigenvalue weighted by molar-refractivity contribution is -0.110. The molecule has 0 saturated heterocycles. The van der Waals surface area contributed by atoms with Crippen LogP contribution in [-0.4, -0.2) is 6.41 Å². The van der Waals surface area contributed by atoms with Gasteiger partial charge < -0.3 is 16.8 Å². The minimum Gasteiger partial charge on any atom is -0.397 e. The lowest BCUT2D eigenvalue weighted by atomic mass is 9.95. The number of anilines is 2. The second kappa shape index (κ2) is 4.68. The molecule has 1 aromatic rings. The Morgan fingerprint density at radius 3 is 2.40 bits per heavy atom. The fourth-order valence-corrected chi connectivity index (χ4v) is 1.53. The Hall–Kier alpha value is -1.71. The molecule has 1 atom stereocenters. The Balaban J connectivity index is 3.00. The molecule has 0 bridgehead atoms. The summed E-state index contributed by atoms with van der Waals surface area (Å²) in [5.41, 5.74) is 13.4. The first-order valence-electron chi connectivity index (χ1n) is 4.91. The van der Waals surface area contributed by atoms with Crippen LogP contribution in [0.1, 0.15) is 25.5 Å². The average Bonchev–Trinajstić information content (AvgIpc) is 2.18. The Morgan fingerprint density at radius 2 is 1.93 bits per heavy atom. The molecule has 0 aromatic heterocycles. The van der Waals surface area contributed by atoms with E-state index in [1.165, 1.54) is 0 Å². The van der Waals surface area contributed by atoms with Gasteiger partial charge in [0.05, 0.1) is 17.4 Å². The van der Waals surface area contributed by atoms with Crippen LogP contribution < -0.4 is 16.8 Å². The molecule has 1 amide bonds. The van der Waals surface area contributed by atoms with E-state index >= 15 is 0 Å². The zero-order valence-corrected chi connectivity index (χ0v) is 9.03. The van der Waals surface area contributed by atoms with Gasteiger partial charge in [0.15, 0.2) is 0 Å². The third-order valence-corrected chi connectivity index (χ3v) is 2.38. The van der Waals surface area contributed by atoms with Gasteiger partial charge >= 0.3 is 0 Å². The molecule has 4 heteroatoms. The maximum absolute atomic E-state index is 10.5. The lowest BCUT2D eigenvalue weighted by Crippen LogP contribution is -2.24. The van der Waals surface area contributed by atoms with Crippen LogP contribution in [0.3, 0.4) is 0 Å². The lowest BCUT2D eigenvalue weighted by Gasteiger charge is -2.21. The first-order valence-corrected chi connectivity index (χ1v) is 4.91. The van der Waals surface area contributed by atoms with Gasteiger partial charge in [-0.1, -0.05) is 19.9 Å². The second-order valence-electron chi connectivity index (χ2n) is 3.89. The number of amides is 1. The van der Waals surface area contributed by atoms with E-state index in [0.717, 1.165) is 5.56 Å². The molecule has 1 aromatic carbocycles. The van der Waals surface area contributed by atoms with Crippen LogP contribution in [0.5, 0.6) is 0 Å². The maximum atomic E-state index is 10.5. The fraction of sp³-hybridized carbons (Fsp3) is 0.364. The van der Waals surface area contributed by atoms with Crippen molar-refractivity contribution >= 4 is 17.8 Å². The van der Waals surface area contributed by atoms with Crippen LogP contribution in [0.25, 0.3) is 0 Å². The number of carbonyl (C=O) groups is 1. The average molecular weight is 207 g/mol. The third kappa shape index (κ3) is 2.62. The van der Waals surface area contributed by atoms with Crippen molar-refractivity contribution in [2.45, 2.75) is 19.9 Å². The molecule has 1 unspecified atom stereocenters. The summed E-state index contributed by atoms with van der Waals surface area (Å²) in [6, 6.07) is 5.42. The maximum Gasteiger partial charge on any atom is 0.207 e. The molecule has 0 heterocycles. The fourth-order valence-electron chi connectivity index (χ4n) is 1.53. The van der Waals surface area contributed by atoms with Crippen molar-refractivity contribution in [1.82, 2.24) is 5.32 Å². The van der Waals surface area contributed by atoms with E-state index in [9.17, 15) is 4.79 Å². The first-order chi connectivity index (χ1) is 7.06. The van der Waals surface area contributed by atoms with E-state index in [0.29, 0.717) is 23.7 Å². The Kier molecular flexibility index (Phi) is 3.55. The number of nitrogens with one attached hydrogen (secondary N) is 1. The highest BCUT2D eigenvalue weighted by Crippen LogP contribution is 2.25. The van der Waals surface area contributed by atoms with Gasteiger partial charge in [-0.05, 0) is 23.6 Å². The summed E-state index contributed by atoms with van der Waals surface area (Å²) in [7, 11) is 0. The van der Waals surface area contributed by atoms with E-state index < -0.39 is 0 Å². The third-order valence-electron chi connectivity index (χ3n) is 2.38. The number of benzene rings is 1. The largest absolute Gasteiger partial charge is 0.397 e. The Bertz CT molecular complexity index is 350. The van der Waals surface area contributed by atoms with Crippen LogP contribution in [0.2, 0.25) is 0 Å². The van der Waals surface area contributed by atoms with Crippen LogP contribution in [-0.2, 0) is 4.79 Å². The summed E-state index contributed by atoms with van der Waals surface area (Å²) in [5, 5.41) is 2.77. The molecule has 15 heavy (non-hydrogen) atoms. The molecule has 0 aliphatic heterocycles. The highest BCUT2D eigenvalue weighted by molar-refractivity contribution is 5.64. The standard InChI is InChI=1S/C11H17N3O/c1-7(2)11(14-6-15)8-3-4-9(12)10(13)5-8/h3-7,11H,12-13H2,1-2H3,(H,14,15). The van der Waals surface area contributed by atoms with Gasteiger partial charge in [0, 0.05) is 0 Å². The van der Waals surface area contributed by atoms with Crippen molar-refractivity contribution in [1.29, 1.82) is 0 Å². The molecule has 0 fully saturated rings. The number of hydrogen-bond acceptors (Lipinski definition) is 3. The van der Waals surface area contributed by atoms with Crippen molar-refractivity contribution in [3.05, 3.63) is 23.8 Å². The zero-order valence-electron chi connectivity index (χ0n) is 9.03. The van der Waals surface area contributed by atoms with Crippen molar-refractivity contribution in [2.75, 3.05) is 11.5 Å². The minimum absolute atomic E-state index is 0.0228. The summed E-state index contributed by atoms with van der Waals surface area (Å²) in [6.07, 6.45) is 0.706. The van der Waals surface area contributed by atoms with Gasteiger partial charge in [-0.25, -0.2) is 0 Å². The number of carbonyl (C=O) groups excluding carboxylic acids is 1. The van der Waals surface area contributed by atoms with Gasteiger partial charge in [0.25, 0.3) is 0 Å². The van der Waals surface area contributed by atoms with Crippen LogP contribution in [0, 0.1) is 5.92 Å². The predicted octanol–water partition coefficient (Wildman–Crippen LogP) is 1.29. The molecule has 0 spiro atoms. The number of nitrogen functional groups attached to an aromatic ring is 2. The monoisotopic (exact) mass is 207 g/mol. The van der Waals surface area contributed by atoms with Gasteiger partial charge in [-0.3, -0.25) is 4.79 Å². The van der Waals surface area contributed by atoms with E-state index in [1.807, 2.05) is 19.9 Å². The highest BCUT2D eigenvalue weighted by atomic mass is 16.1. The van der Waals surface area contributed by atoms with Crippen molar-refractivity contribution in [3.63, 3.8) is 0 Å². The van der Waals surface area contributed by atoms with Crippen LogP contribution in [0.4, 0.5) is 11.4 Å². The number of hydrogen-bond donors (Lipinski definition) is 3. The summed E-state index contributed by atoms with van der Waals surface area (Å²) in [6.45, 7) is 4.07. The Labute approximate surface area is 89.6 Å². The van der Waals surface area contributed by atoms with Crippen molar-refractivity contribution in [3.8, 4) is 0 Å². The van der Waals surface area contributed by atoms with Crippen molar-refractivity contribution in [2.24, 2.45) is 5.92 Å². The summed E-state index contributed by atoms with van der Waals surface area (Å²) in [5.74, 6) is 0.304. The normalized spacial score (nSPS) is 12.5. The zero-order chi connectivity index (χ0) is 11.4. The van der Waals surface area contributed by atoms with Gasteiger partial charge in [-0.2, -0.15) is 0 Å². The highest BCUT2D eigenvalue weighted by Gasteiger charge is 2.15. The topological polar surface area (TPSA) is 81.1 Å². The van der Waals surface area contributed by atoms with E-state index in [1.54, 1.807) is 12.1 Å². The molecular formula is C11H17N3O.